The van der Waals surface area contributed by atoms with Gasteiger partial charge in [-0.05, 0) is 36.6 Å². The SMILES string of the molecule is Cc1ccc2oc3c(c(=O)c2c1)C1(C(=O)N(Cc2ccccc2)c2ccccc21)N(c1nnc(CC(C)C)s1)C3=O. The highest BCUT2D eigenvalue weighted by atomic mass is 32.1. The molecule has 0 fully saturated rings. The van der Waals surface area contributed by atoms with Gasteiger partial charge in [0.25, 0.3) is 11.8 Å². The Morgan fingerprint density at radius 1 is 0.951 bits per heavy atom. The molecule has 1 unspecified atom stereocenters. The summed E-state index contributed by atoms with van der Waals surface area (Å²) in [6, 6.07) is 22.2. The van der Waals surface area contributed by atoms with Gasteiger partial charge < -0.3 is 9.32 Å². The van der Waals surface area contributed by atoms with Crippen LogP contribution in [0.2, 0.25) is 0 Å². The first-order valence-electron chi connectivity index (χ1n) is 13.5. The lowest BCUT2D eigenvalue weighted by Crippen LogP contribution is -2.53. The second kappa shape index (κ2) is 9.21. The molecule has 0 aliphatic carbocycles. The van der Waals surface area contributed by atoms with E-state index in [2.05, 4.69) is 24.0 Å². The Kier molecular flexibility index (Phi) is 5.69. The van der Waals surface area contributed by atoms with Gasteiger partial charge in [0.05, 0.1) is 23.2 Å². The number of fused-ring (bicyclic) bond motifs is 5. The van der Waals surface area contributed by atoms with Crippen molar-refractivity contribution < 1.29 is 14.0 Å². The molecule has 0 bridgehead atoms. The van der Waals surface area contributed by atoms with Crippen LogP contribution in [0.25, 0.3) is 11.0 Å². The number of nitrogens with zero attached hydrogens (tertiary/aromatic N) is 4. The standard InChI is InChI=1S/C32H26N4O4S/c1-18(2)15-25-33-34-31(41-25)36-29(38)28-26(27(37)21-16-19(3)13-14-24(21)40-28)32(36)22-11-7-8-12-23(22)35(30(32)39)17-20-9-5-4-6-10-20/h4-14,16,18H,15,17H2,1-3H3. The number of carbonyl (C=O) groups excluding carboxylic acids is 2. The fourth-order valence-electron chi connectivity index (χ4n) is 5.97. The topological polar surface area (TPSA) is 96.6 Å². The van der Waals surface area contributed by atoms with E-state index in [1.807, 2.05) is 67.6 Å². The minimum atomic E-state index is -1.79. The summed E-state index contributed by atoms with van der Waals surface area (Å²) < 4.78 is 6.17. The average Bonchev–Trinajstić information content (AvgIpc) is 3.58. The molecule has 1 atom stereocenters. The van der Waals surface area contributed by atoms with E-state index >= 15 is 0 Å². The molecule has 0 N–H and O–H groups in total. The monoisotopic (exact) mass is 562 g/mol. The second-order valence-electron chi connectivity index (χ2n) is 11.0. The number of para-hydroxylation sites is 1. The Hall–Kier alpha value is -4.63. The predicted octanol–water partition coefficient (Wildman–Crippen LogP) is 5.60. The van der Waals surface area contributed by atoms with Crippen molar-refractivity contribution in [3.05, 3.63) is 116 Å². The number of hydrogen-bond acceptors (Lipinski definition) is 7. The molecule has 2 aliphatic heterocycles. The number of anilines is 2. The van der Waals surface area contributed by atoms with E-state index in [0.717, 1.165) is 16.1 Å². The van der Waals surface area contributed by atoms with Crippen LogP contribution in [-0.2, 0) is 23.3 Å². The first-order valence-corrected chi connectivity index (χ1v) is 14.3. The van der Waals surface area contributed by atoms with E-state index in [4.69, 9.17) is 4.42 Å². The average molecular weight is 563 g/mol. The van der Waals surface area contributed by atoms with Crippen LogP contribution in [0.1, 0.15) is 51.7 Å². The minimum Gasteiger partial charge on any atom is -0.450 e. The summed E-state index contributed by atoms with van der Waals surface area (Å²) in [4.78, 5) is 46.6. The Morgan fingerprint density at radius 2 is 1.71 bits per heavy atom. The van der Waals surface area contributed by atoms with Crippen LogP contribution in [0.5, 0.6) is 0 Å². The van der Waals surface area contributed by atoms with Crippen molar-refractivity contribution in [2.75, 3.05) is 9.80 Å². The normalized spacial score (nSPS) is 17.8. The maximum atomic E-state index is 14.9. The van der Waals surface area contributed by atoms with Crippen molar-refractivity contribution in [3.63, 3.8) is 0 Å². The highest BCUT2D eigenvalue weighted by molar-refractivity contribution is 7.15. The molecule has 0 radical (unpaired) electrons. The van der Waals surface area contributed by atoms with Gasteiger partial charge in [-0.2, -0.15) is 0 Å². The summed E-state index contributed by atoms with van der Waals surface area (Å²) in [5.41, 5.74) is 1.07. The molecule has 2 aromatic heterocycles. The molecule has 8 nitrogen and oxygen atoms in total. The van der Waals surface area contributed by atoms with E-state index in [1.165, 1.54) is 16.2 Å². The molecule has 9 heteroatoms. The molecule has 2 amide bonds. The second-order valence-corrected chi connectivity index (χ2v) is 12.0. The van der Waals surface area contributed by atoms with Gasteiger partial charge in [-0.3, -0.25) is 19.3 Å². The summed E-state index contributed by atoms with van der Waals surface area (Å²) in [6.07, 6.45) is 0.671. The highest BCUT2D eigenvalue weighted by Crippen LogP contribution is 2.54. The number of aryl methyl sites for hydroxylation is 1. The molecule has 1 spiro atoms. The lowest BCUT2D eigenvalue weighted by atomic mass is 9.84. The summed E-state index contributed by atoms with van der Waals surface area (Å²) in [5.74, 6) is -0.814. The molecule has 0 saturated carbocycles. The number of aromatic nitrogens is 2. The highest BCUT2D eigenvalue weighted by Gasteiger charge is 2.66. The molecular weight excluding hydrogens is 536 g/mol. The van der Waals surface area contributed by atoms with Crippen LogP contribution < -0.4 is 15.2 Å². The smallest absolute Gasteiger partial charge is 0.297 e. The molecule has 5 aromatic rings. The zero-order valence-corrected chi connectivity index (χ0v) is 23.6. The number of amides is 2. The van der Waals surface area contributed by atoms with E-state index in [-0.39, 0.29) is 23.0 Å². The number of hydrogen-bond donors (Lipinski definition) is 0. The van der Waals surface area contributed by atoms with Crippen molar-refractivity contribution in [2.24, 2.45) is 5.92 Å². The lowest BCUT2D eigenvalue weighted by molar-refractivity contribution is -0.121. The molecule has 41 heavy (non-hydrogen) atoms. The number of rotatable bonds is 5. The van der Waals surface area contributed by atoms with Crippen LogP contribution >= 0.6 is 11.3 Å². The van der Waals surface area contributed by atoms with E-state index in [1.54, 1.807) is 17.0 Å². The summed E-state index contributed by atoms with van der Waals surface area (Å²) in [6.45, 7) is 6.30. The van der Waals surface area contributed by atoms with Crippen molar-refractivity contribution in [1.82, 2.24) is 10.2 Å². The van der Waals surface area contributed by atoms with Gasteiger partial charge in [0.15, 0.2) is 11.0 Å². The van der Waals surface area contributed by atoms with Crippen molar-refractivity contribution in [1.29, 1.82) is 0 Å². The fraction of sp³-hybridized carbons (Fsp3) is 0.219. The van der Waals surface area contributed by atoms with Crippen molar-refractivity contribution in [3.8, 4) is 0 Å². The Bertz CT molecular complexity index is 1930. The first kappa shape index (κ1) is 25.3. The van der Waals surface area contributed by atoms with Crippen LogP contribution in [0.15, 0.2) is 82.0 Å². The fourth-order valence-corrected chi connectivity index (χ4v) is 7.07. The van der Waals surface area contributed by atoms with E-state index in [9.17, 15) is 14.4 Å². The third-order valence-electron chi connectivity index (χ3n) is 7.69. The van der Waals surface area contributed by atoms with Gasteiger partial charge in [0.2, 0.25) is 10.9 Å². The number of benzene rings is 3. The zero-order chi connectivity index (χ0) is 28.5. The number of carbonyl (C=O) groups is 2. The first-order chi connectivity index (χ1) is 19.8. The Labute approximate surface area is 239 Å². The van der Waals surface area contributed by atoms with Crippen LogP contribution in [-0.4, -0.2) is 22.0 Å². The van der Waals surface area contributed by atoms with Gasteiger partial charge in [0, 0.05) is 12.0 Å². The zero-order valence-electron chi connectivity index (χ0n) is 22.7. The Morgan fingerprint density at radius 3 is 2.49 bits per heavy atom. The summed E-state index contributed by atoms with van der Waals surface area (Å²) in [5, 5.41) is 10.1. The van der Waals surface area contributed by atoms with Gasteiger partial charge in [-0.15, -0.1) is 10.2 Å². The van der Waals surface area contributed by atoms with Gasteiger partial charge in [-0.1, -0.05) is 85.3 Å². The van der Waals surface area contributed by atoms with Crippen molar-refractivity contribution in [2.45, 2.75) is 39.3 Å². The quantitative estimate of drug-likeness (QED) is 0.277. The molecule has 4 heterocycles. The van der Waals surface area contributed by atoms with Gasteiger partial charge >= 0.3 is 0 Å². The van der Waals surface area contributed by atoms with Crippen molar-refractivity contribution >= 4 is 44.9 Å². The maximum absolute atomic E-state index is 14.9. The summed E-state index contributed by atoms with van der Waals surface area (Å²) in [7, 11) is 0. The molecule has 2 aliphatic rings. The molecule has 0 saturated heterocycles. The lowest BCUT2D eigenvalue weighted by Gasteiger charge is -2.32. The molecular formula is C32H26N4O4S. The van der Waals surface area contributed by atoms with Crippen LogP contribution in [0.4, 0.5) is 10.8 Å². The Balaban J connectivity index is 1.54. The van der Waals surface area contributed by atoms with Gasteiger partial charge in [0.1, 0.15) is 10.6 Å². The molecule has 7 rings (SSSR count). The predicted molar refractivity (Wildman–Crippen MR) is 157 cm³/mol. The molecule has 204 valence electrons. The van der Waals surface area contributed by atoms with Crippen LogP contribution in [0.3, 0.4) is 0 Å². The van der Waals surface area contributed by atoms with Gasteiger partial charge in [-0.25, -0.2) is 0 Å². The maximum Gasteiger partial charge on any atom is 0.297 e. The third-order valence-corrected chi connectivity index (χ3v) is 8.62. The summed E-state index contributed by atoms with van der Waals surface area (Å²) >= 11 is 1.26. The largest absolute Gasteiger partial charge is 0.450 e. The van der Waals surface area contributed by atoms with E-state index in [0.29, 0.717) is 34.6 Å². The van der Waals surface area contributed by atoms with Crippen LogP contribution in [0, 0.1) is 12.8 Å². The minimum absolute atomic E-state index is 0.0224. The molecule has 3 aromatic carbocycles. The van der Waals surface area contributed by atoms with E-state index < -0.39 is 22.8 Å². The third kappa shape index (κ3) is 3.62.